The molecule has 0 aromatic heterocycles. The minimum atomic E-state index is -0.672. The number of carbonyl (C=O) groups is 4. The Hall–Kier alpha value is -3.68. The highest BCUT2D eigenvalue weighted by Crippen LogP contribution is 2.56. The summed E-state index contributed by atoms with van der Waals surface area (Å²) in [5.74, 6) is -0.633. The van der Waals surface area contributed by atoms with Crippen LogP contribution >= 0.6 is 0 Å². The van der Waals surface area contributed by atoms with Crippen molar-refractivity contribution in [3.63, 3.8) is 0 Å². The van der Waals surface area contributed by atoms with Crippen LogP contribution in [0.5, 0.6) is 5.75 Å². The number of rotatable bonds is 7. The zero-order chi connectivity index (χ0) is 23.8. The van der Waals surface area contributed by atoms with Gasteiger partial charge in [-0.3, -0.25) is 19.3 Å². The predicted octanol–water partition coefficient (Wildman–Crippen LogP) is 3.42. The molecule has 3 amide bonds. The average Bonchev–Trinajstić information content (AvgIpc) is 3.53. The van der Waals surface area contributed by atoms with Gasteiger partial charge in [0.25, 0.3) is 5.91 Å². The van der Waals surface area contributed by atoms with Crippen LogP contribution in [0, 0.1) is 23.7 Å². The molecule has 34 heavy (non-hydrogen) atoms. The number of ether oxygens (including phenoxy) is 2. The van der Waals surface area contributed by atoms with E-state index in [1.165, 1.54) is 17.0 Å². The fourth-order valence-corrected chi connectivity index (χ4v) is 5.66. The Labute approximate surface area is 197 Å². The first-order valence-corrected chi connectivity index (χ1v) is 11.6. The van der Waals surface area contributed by atoms with Crippen molar-refractivity contribution in [1.29, 1.82) is 0 Å². The number of imide groups is 1. The number of nitrogens with zero attached hydrogens (tertiary/aromatic N) is 1. The molecule has 3 fully saturated rings. The molecule has 0 spiro atoms. The number of benzene rings is 2. The third-order valence-electron chi connectivity index (χ3n) is 7.08. The van der Waals surface area contributed by atoms with E-state index in [4.69, 9.17) is 9.47 Å². The van der Waals surface area contributed by atoms with Crippen LogP contribution in [-0.2, 0) is 19.1 Å². The van der Waals surface area contributed by atoms with Crippen molar-refractivity contribution in [2.75, 3.05) is 23.4 Å². The SMILES string of the molecule is CCOc1ccccc1NC(=O)COC(=O)c1ccc(N2C(=O)[C@H]3[C@H]4CC[C@@H](C4)[C@@H]3C2=O)cc1. The summed E-state index contributed by atoms with van der Waals surface area (Å²) in [4.78, 5) is 51.8. The summed E-state index contributed by atoms with van der Waals surface area (Å²) in [6.07, 6.45) is 3.03. The molecule has 2 saturated carbocycles. The number of esters is 1. The van der Waals surface area contributed by atoms with E-state index in [2.05, 4.69) is 5.32 Å². The van der Waals surface area contributed by atoms with E-state index in [1.54, 1.807) is 36.4 Å². The van der Waals surface area contributed by atoms with Gasteiger partial charge in [-0.2, -0.15) is 0 Å². The standard InChI is InChI=1S/C26H26N2O6/c1-2-33-20-6-4-3-5-19(20)27-21(29)14-34-26(32)15-9-11-18(12-10-15)28-24(30)22-16-7-8-17(13-16)23(22)25(28)31/h3-6,9-12,16-17,22-23H,2,7-8,13-14H2,1H3,(H,27,29)/t16-,17-,22-,23-/m0/s1. The Morgan fingerprint density at radius 3 is 2.26 bits per heavy atom. The van der Waals surface area contributed by atoms with Crippen molar-refractivity contribution in [3.8, 4) is 5.75 Å². The van der Waals surface area contributed by atoms with E-state index in [1.807, 2.05) is 6.92 Å². The number of hydrogen-bond acceptors (Lipinski definition) is 6. The number of fused-ring (bicyclic) bond motifs is 5. The number of anilines is 2. The molecule has 1 N–H and O–H groups in total. The minimum absolute atomic E-state index is 0.124. The van der Waals surface area contributed by atoms with Crippen molar-refractivity contribution in [2.45, 2.75) is 26.2 Å². The van der Waals surface area contributed by atoms with E-state index in [-0.39, 0.29) is 29.2 Å². The van der Waals surface area contributed by atoms with E-state index < -0.39 is 18.5 Å². The van der Waals surface area contributed by atoms with E-state index >= 15 is 0 Å². The second-order valence-electron chi connectivity index (χ2n) is 9.00. The van der Waals surface area contributed by atoms with Gasteiger partial charge in [-0.05, 0) is 74.4 Å². The Kier molecular flexibility index (Phi) is 5.81. The van der Waals surface area contributed by atoms with Crippen LogP contribution < -0.4 is 15.0 Å². The van der Waals surface area contributed by atoms with Gasteiger partial charge in [0.05, 0.1) is 35.4 Å². The maximum atomic E-state index is 13.0. The lowest BCUT2D eigenvalue weighted by Gasteiger charge is -2.19. The van der Waals surface area contributed by atoms with Gasteiger partial charge in [0.2, 0.25) is 11.8 Å². The summed E-state index contributed by atoms with van der Waals surface area (Å²) in [6.45, 7) is 1.84. The van der Waals surface area contributed by atoms with Gasteiger partial charge in [0, 0.05) is 0 Å². The maximum Gasteiger partial charge on any atom is 0.338 e. The van der Waals surface area contributed by atoms with E-state index in [0.717, 1.165) is 19.3 Å². The molecule has 0 radical (unpaired) electrons. The number of nitrogens with one attached hydrogen (secondary N) is 1. The van der Waals surface area contributed by atoms with Gasteiger partial charge in [-0.25, -0.2) is 4.79 Å². The highest BCUT2D eigenvalue weighted by Gasteiger charge is 2.61. The number of hydrogen-bond donors (Lipinski definition) is 1. The second kappa shape index (κ2) is 8.93. The molecule has 2 aliphatic carbocycles. The van der Waals surface area contributed by atoms with E-state index in [0.29, 0.717) is 35.6 Å². The van der Waals surface area contributed by atoms with Gasteiger partial charge in [0.1, 0.15) is 5.75 Å². The van der Waals surface area contributed by atoms with Crippen LogP contribution in [0.4, 0.5) is 11.4 Å². The lowest BCUT2D eigenvalue weighted by molar-refractivity contribution is -0.123. The lowest BCUT2D eigenvalue weighted by Crippen LogP contribution is -2.32. The van der Waals surface area contributed by atoms with Crippen LogP contribution in [0.2, 0.25) is 0 Å². The maximum absolute atomic E-state index is 13.0. The fraction of sp³-hybridized carbons (Fsp3) is 0.385. The summed E-state index contributed by atoms with van der Waals surface area (Å²) in [7, 11) is 0. The van der Waals surface area contributed by atoms with Gasteiger partial charge in [-0.1, -0.05) is 12.1 Å². The van der Waals surface area contributed by atoms with Gasteiger partial charge < -0.3 is 14.8 Å². The Morgan fingerprint density at radius 1 is 0.971 bits per heavy atom. The monoisotopic (exact) mass is 462 g/mol. The molecule has 176 valence electrons. The molecular weight excluding hydrogens is 436 g/mol. The topological polar surface area (TPSA) is 102 Å². The van der Waals surface area contributed by atoms with Crippen LogP contribution in [0.15, 0.2) is 48.5 Å². The van der Waals surface area contributed by atoms with E-state index in [9.17, 15) is 19.2 Å². The first-order chi connectivity index (χ1) is 16.5. The highest BCUT2D eigenvalue weighted by molar-refractivity contribution is 6.22. The smallest absolute Gasteiger partial charge is 0.338 e. The Morgan fingerprint density at radius 2 is 1.62 bits per heavy atom. The highest BCUT2D eigenvalue weighted by atomic mass is 16.5. The summed E-state index contributed by atoms with van der Waals surface area (Å²) >= 11 is 0. The van der Waals surface area contributed by atoms with Crippen molar-refractivity contribution in [2.24, 2.45) is 23.7 Å². The summed E-state index contributed by atoms with van der Waals surface area (Å²) in [5, 5.41) is 2.67. The van der Waals surface area contributed by atoms with Gasteiger partial charge in [-0.15, -0.1) is 0 Å². The first-order valence-electron chi connectivity index (χ1n) is 11.6. The van der Waals surface area contributed by atoms with Gasteiger partial charge in [0.15, 0.2) is 6.61 Å². The average molecular weight is 463 g/mol. The molecule has 1 heterocycles. The molecule has 1 saturated heterocycles. The third-order valence-corrected chi connectivity index (χ3v) is 7.08. The molecule has 0 unspecified atom stereocenters. The molecule has 8 heteroatoms. The molecule has 1 aliphatic heterocycles. The zero-order valence-electron chi connectivity index (χ0n) is 18.9. The molecule has 4 atom stereocenters. The summed E-state index contributed by atoms with van der Waals surface area (Å²) in [5.41, 5.74) is 1.18. The van der Waals surface area contributed by atoms with Crippen molar-refractivity contribution >= 4 is 35.1 Å². The first kappa shape index (κ1) is 22.1. The number of carbonyl (C=O) groups excluding carboxylic acids is 4. The number of amides is 3. The summed E-state index contributed by atoms with van der Waals surface area (Å²) < 4.78 is 10.6. The van der Waals surface area contributed by atoms with Crippen LogP contribution in [0.1, 0.15) is 36.5 Å². The molecule has 5 rings (SSSR count). The van der Waals surface area contributed by atoms with Crippen molar-refractivity contribution in [1.82, 2.24) is 0 Å². The van der Waals surface area contributed by atoms with Crippen LogP contribution in [0.3, 0.4) is 0 Å². The normalized spacial score (nSPS) is 24.8. The molecule has 2 bridgehead atoms. The fourth-order valence-electron chi connectivity index (χ4n) is 5.66. The molecular formula is C26H26N2O6. The van der Waals surface area contributed by atoms with Crippen molar-refractivity contribution in [3.05, 3.63) is 54.1 Å². The quantitative estimate of drug-likeness (QED) is 0.500. The molecule has 2 aromatic rings. The van der Waals surface area contributed by atoms with Crippen LogP contribution in [0.25, 0.3) is 0 Å². The van der Waals surface area contributed by atoms with Crippen LogP contribution in [-0.4, -0.2) is 36.9 Å². The molecule has 8 nitrogen and oxygen atoms in total. The third kappa shape index (κ3) is 3.83. The Bertz CT molecular complexity index is 1120. The number of para-hydroxylation sites is 2. The Balaban J connectivity index is 1.19. The molecule has 2 aromatic carbocycles. The summed E-state index contributed by atoms with van der Waals surface area (Å²) in [6, 6.07) is 13.2. The minimum Gasteiger partial charge on any atom is -0.492 e. The zero-order valence-corrected chi connectivity index (χ0v) is 18.9. The van der Waals surface area contributed by atoms with Crippen molar-refractivity contribution < 1.29 is 28.7 Å². The lowest BCUT2D eigenvalue weighted by atomic mass is 9.81. The second-order valence-corrected chi connectivity index (χ2v) is 9.00. The predicted molar refractivity (Wildman–Crippen MR) is 123 cm³/mol. The largest absolute Gasteiger partial charge is 0.492 e. The molecule has 3 aliphatic rings. The van der Waals surface area contributed by atoms with Gasteiger partial charge >= 0.3 is 5.97 Å².